The molecule has 0 spiro atoms. The lowest BCUT2D eigenvalue weighted by atomic mass is 9.69. The smallest absolute Gasteiger partial charge is 0.0144 e. The summed E-state index contributed by atoms with van der Waals surface area (Å²) in [6, 6.07) is 1.37. The zero-order valence-corrected chi connectivity index (χ0v) is 15.5. The van der Waals surface area contributed by atoms with Gasteiger partial charge in [-0.2, -0.15) is 0 Å². The van der Waals surface area contributed by atoms with E-state index in [1.807, 2.05) is 0 Å². The van der Waals surface area contributed by atoms with Gasteiger partial charge in [0.05, 0.1) is 0 Å². The molecule has 0 aromatic rings. The van der Waals surface area contributed by atoms with Gasteiger partial charge < -0.3 is 10.6 Å². The Morgan fingerprint density at radius 2 is 1.43 bits per heavy atom. The van der Waals surface area contributed by atoms with E-state index in [1.54, 1.807) is 0 Å². The van der Waals surface area contributed by atoms with E-state index in [9.17, 15) is 0 Å². The van der Waals surface area contributed by atoms with Crippen molar-refractivity contribution in [3.63, 3.8) is 0 Å². The van der Waals surface area contributed by atoms with Gasteiger partial charge in [0.25, 0.3) is 0 Å². The summed E-state index contributed by atoms with van der Waals surface area (Å²) in [6.07, 6.45) is 8.07. The third-order valence-electron chi connectivity index (χ3n) is 5.52. The lowest BCUT2D eigenvalue weighted by Gasteiger charge is -2.49. The van der Waals surface area contributed by atoms with Crippen molar-refractivity contribution >= 4 is 0 Å². The molecule has 2 nitrogen and oxygen atoms in total. The van der Waals surface area contributed by atoms with E-state index >= 15 is 0 Å². The van der Waals surface area contributed by atoms with Crippen LogP contribution in [0.2, 0.25) is 0 Å². The molecule has 2 rings (SSSR count). The third kappa shape index (κ3) is 4.69. The van der Waals surface area contributed by atoms with E-state index in [4.69, 9.17) is 0 Å². The summed E-state index contributed by atoms with van der Waals surface area (Å²) in [7, 11) is 0. The second-order valence-corrected chi connectivity index (χ2v) is 10.0. The van der Waals surface area contributed by atoms with Crippen LogP contribution in [0.1, 0.15) is 87.0 Å². The van der Waals surface area contributed by atoms with Crippen LogP contribution in [0, 0.1) is 11.3 Å². The normalized spacial score (nSPS) is 33.9. The van der Waals surface area contributed by atoms with Gasteiger partial charge in [-0.15, -0.1) is 0 Å². The van der Waals surface area contributed by atoms with Gasteiger partial charge in [0, 0.05) is 23.2 Å². The molecule has 1 aliphatic heterocycles. The molecule has 124 valence electrons. The fraction of sp³-hybridized carbons (Fsp3) is 1.00. The zero-order chi connectivity index (χ0) is 15.9. The molecule has 0 bridgehead atoms. The Kier molecular flexibility index (Phi) is 4.81. The standard InChI is InChI=1S/C19H38N2/c1-17(2,3)15-10-8-9-11-16(15)20-14-12-18(4,5)21-19(6,7)13-14/h14-16,20-21H,8-13H2,1-7H3. The van der Waals surface area contributed by atoms with Crippen molar-refractivity contribution in [3.8, 4) is 0 Å². The lowest BCUT2D eigenvalue weighted by molar-refractivity contribution is 0.0894. The van der Waals surface area contributed by atoms with Crippen molar-refractivity contribution in [3.05, 3.63) is 0 Å². The Bertz CT molecular complexity index is 335. The van der Waals surface area contributed by atoms with E-state index in [1.165, 1.54) is 38.5 Å². The summed E-state index contributed by atoms with van der Waals surface area (Å²) in [6.45, 7) is 16.7. The van der Waals surface area contributed by atoms with Crippen molar-refractivity contribution in [1.29, 1.82) is 0 Å². The molecule has 2 atom stereocenters. The monoisotopic (exact) mass is 294 g/mol. The number of hydrogen-bond acceptors (Lipinski definition) is 2. The van der Waals surface area contributed by atoms with Crippen LogP contribution < -0.4 is 10.6 Å². The van der Waals surface area contributed by atoms with Crippen molar-refractivity contribution < 1.29 is 0 Å². The fourth-order valence-corrected chi connectivity index (χ4v) is 5.11. The van der Waals surface area contributed by atoms with Crippen LogP contribution in [-0.4, -0.2) is 23.2 Å². The van der Waals surface area contributed by atoms with Gasteiger partial charge in [-0.25, -0.2) is 0 Å². The molecule has 1 heterocycles. The van der Waals surface area contributed by atoms with Crippen LogP contribution in [0.3, 0.4) is 0 Å². The van der Waals surface area contributed by atoms with Gasteiger partial charge in [-0.3, -0.25) is 0 Å². The fourth-order valence-electron chi connectivity index (χ4n) is 5.11. The molecule has 2 N–H and O–H groups in total. The Hall–Kier alpha value is -0.0800. The molecule has 0 aromatic carbocycles. The number of piperidine rings is 1. The van der Waals surface area contributed by atoms with E-state index < -0.39 is 0 Å². The largest absolute Gasteiger partial charge is 0.311 e. The van der Waals surface area contributed by atoms with Crippen molar-refractivity contribution in [2.75, 3.05) is 0 Å². The maximum absolute atomic E-state index is 4.09. The Morgan fingerprint density at radius 3 is 1.95 bits per heavy atom. The highest BCUT2D eigenvalue weighted by atomic mass is 15.1. The molecule has 2 fully saturated rings. The van der Waals surface area contributed by atoms with Crippen LogP contribution in [0.15, 0.2) is 0 Å². The third-order valence-corrected chi connectivity index (χ3v) is 5.52. The molecule has 1 aliphatic carbocycles. The van der Waals surface area contributed by atoms with E-state index in [0.29, 0.717) is 17.5 Å². The molecule has 2 heteroatoms. The summed E-state index contributed by atoms with van der Waals surface area (Å²) in [5.41, 5.74) is 0.909. The maximum Gasteiger partial charge on any atom is 0.0144 e. The predicted molar refractivity (Wildman–Crippen MR) is 92.7 cm³/mol. The first-order chi connectivity index (χ1) is 9.49. The Labute approximate surface area is 132 Å². The van der Waals surface area contributed by atoms with Crippen LogP contribution >= 0.6 is 0 Å². The lowest BCUT2D eigenvalue weighted by Crippen LogP contribution is -2.63. The van der Waals surface area contributed by atoms with Crippen molar-refractivity contribution in [1.82, 2.24) is 10.6 Å². The second kappa shape index (κ2) is 5.85. The molecule has 1 saturated carbocycles. The zero-order valence-electron chi connectivity index (χ0n) is 15.5. The van der Waals surface area contributed by atoms with Gasteiger partial charge in [0.1, 0.15) is 0 Å². The number of nitrogens with one attached hydrogen (secondary N) is 2. The molecular formula is C19H38N2. The highest BCUT2D eigenvalue weighted by Gasteiger charge is 2.40. The highest BCUT2D eigenvalue weighted by Crippen LogP contribution is 2.39. The molecule has 2 aliphatic rings. The average molecular weight is 295 g/mol. The van der Waals surface area contributed by atoms with E-state index in [-0.39, 0.29) is 11.1 Å². The molecule has 0 amide bonds. The molecule has 21 heavy (non-hydrogen) atoms. The van der Waals surface area contributed by atoms with Crippen molar-refractivity contribution in [2.45, 2.75) is 110 Å². The minimum atomic E-state index is 0.241. The summed E-state index contributed by atoms with van der Waals surface area (Å²) >= 11 is 0. The predicted octanol–water partition coefficient (Wildman–Crippen LogP) is 4.49. The minimum absolute atomic E-state index is 0.241. The molecule has 2 unspecified atom stereocenters. The average Bonchev–Trinajstić information content (AvgIpc) is 2.23. The molecule has 0 radical (unpaired) electrons. The summed E-state index contributed by atoms with van der Waals surface area (Å²) in [5.74, 6) is 0.826. The summed E-state index contributed by atoms with van der Waals surface area (Å²) in [5, 5.41) is 7.89. The SMILES string of the molecule is CC1(C)CC(NC2CCCCC2C(C)(C)C)CC(C)(C)N1. The first-order valence-electron chi connectivity index (χ1n) is 9.04. The van der Waals surface area contributed by atoms with Gasteiger partial charge in [-0.05, 0) is 64.7 Å². The van der Waals surface area contributed by atoms with Crippen LogP contribution in [0.5, 0.6) is 0 Å². The quantitative estimate of drug-likeness (QED) is 0.784. The molecular weight excluding hydrogens is 256 g/mol. The van der Waals surface area contributed by atoms with Crippen LogP contribution in [0.25, 0.3) is 0 Å². The molecule has 1 saturated heterocycles. The highest BCUT2D eigenvalue weighted by molar-refractivity contribution is 5.01. The minimum Gasteiger partial charge on any atom is -0.311 e. The topological polar surface area (TPSA) is 24.1 Å². The molecule has 0 aromatic heterocycles. The van der Waals surface area contributed by atoms with E-state index in [0.717, 1.165) is 5.92 Å². The van der Waals surface area contributed by atoms with Crippen molar-refractivity contribution in [2.24, 2.45) is 11.3 Å². The first kappa shape index (κ1) is 17.3. The van der Waals surface area contributed by atoms with E-state index in [2.05, 4.69) is 59.1 Å². The van der Waals surface area contributed by atoms with Gasteiger partial charge in [0.2, 0.25) is 0 Å². The first-order valence-corrected chi connectivity index (χ1v) is 9.04. The van der Waals surface area contributed by atoms with Gasteiger partial charge >= 0.3 is 0 Å². The Morgan fingerprint density at radius 1 is 0.905 bits per heavy atom. The van der Waals surface area contributed by atoms with Crippen LogP contribution in [0.4, 0.5) is 0 Å². The number of rotatable bonds is 2. The number of hydrogen-bond donors (Lipinski definition) is 2. The second-order valence-electron chi connectivity index (χ2n) is 10.0. The van der Waals surface area contributed by atoms with Gasteiger partial charge in [-0.1, -0.05) is 33.6 Å². The van der Waals surface area contributed by atoms with Gasteiger partial charge in [0.15, 0.2) is 0 Å². The van der Waals surface area contributed by atoms with Crippen LogP contribution in [-0.2, 0) is 0 Å². The summed E-state index contributed by atoms with van der Waals surface area (Å²) < 4.78 is 0. The maximum atomic E-state index is 4.09. The summed E-state index contributed by atoms with van der Waals surface area (Å²) in [4.78, 5) is 0. The Balaban J connectivity index is 2.05.